The summed E-state index contributed by atoms with van der Waals surface area (Å²) in [6.45, 7) is 6.38. The third-order valence-corrected chi connectivity index (χ3v) is 4.03. The maximum atomic E-state index is 12.7. The second kappa shape index (κ2) is 7.46. The van der Waals surface area contributed by atoms with Gasteiger partial charge in [-0.1, -0.05) is 19.1 Å². The molecule has 21 heavy (non-hydrogen) atoms. The summed E-state index contributed by atoms with van der Waals surface area (Å²) in [5, 5.41) is 0. The van der Waals surface area contributed by atoms with E-state index in [1.807, 2.05) is 36.1 Å². The first-order valence-electron chi connectivity index (χ1n) is 7.87. The number of carbonyl (C=O) groups is 1. The Morgan fingerprint density at radius 2 is 2.33 bits per heavy atom. The van der Waals surface area contributed by atoms with Crippen molar-refractivity contribution in [2.45, 2.75) is 45.1 Å². The number of rotatable bonds is 5. The molecule has 1 heterocycles. The van der Waals surface area contributed by atoms with Crippen molar-refractivity contribution in [3.05, 3.63) is 29.8 Å². The molecule has 2 unspecified atom stereocenters. The van der Waals surface area contributed by atoms with Crippen LogP contribution in [0.25, 0.3) is 0 Å². The van der Waals surface area contributed by atoms with Crippen molar-refractivity contribution < 1.29 is 9.53 Å². The summed E-state index contributed by atoms with van der Waals surface area (Å²) >= 11 is 0. The number of nitrogens with zero attached hydrogens (tertiary/aromatic N) is 1. The van der Waals surface area contributed by atoms with Gasteiger partial charge in [0.15, 0.2) is 0 Å². The van der Waals surface area contributed by atoms with E-state index >= 15 is 0 Å². The summed E-state index contributed by atoms with van der Waals surface area (Å²) in [6.07, 6.45) is 3.28. The highest BCUT2D eigenvalue weighted by molar-refractivity contribution is 5.83. The molecule has 0 aromatic heterocycles. The molecular weight excluding hydrogens is 264 g/mol. The third-order valence-electron chi connectivity index (χ3n) is 4.03. The van der Waals surface area contributed by atoms with Crippen molar-refractivity contribution in [1.29, 1.82) is 0 Å². The van der Waals surface area contributed by atoms with Crippen LogP contribution in [0.2, 0.25) is 0 Å². The second-order valence-corrected chi connectivity index (χ2v) is 5.81. The number of hydrogen-bond donors (Lipinski definition) is 1. The van der Waals surface area contributed by atoms with Crippen LogP contribution in [-0.2, 0) is 9.53 Å². The number of amides is 1. The number of nitrogens with two attached hydrogens (primary N) is 1. The Balaban J connectivity index is 1.98. The van der Waals surface area contributed by atoms with Crippen LogP contribution in [0, 0.1) is 0 Å². The molecule has 1 amide bonds. The van der Waals surface area contributed by atoms with Crippen molar-refractivity contribution >= 4 is 11.6 Å². The predicted octanol–water partition coefficient (Wildman–Crippen LogP) is 2.79. The van der Waals surface area contributed by atoms with E-state index in [0.29, 0.717) is 12.2 Å². The van der Waals surface area contributed by atoms with Gasteiger partial charge < -0.3 is 15.4 Å². The number of carbonyl (C=O) groups excluding carboxylic acids is 1. The number of nitrogen functional groups attached to an aromatic ring is 1. The van der Waals surface area contributed by atoms with Gasteiger partial charge in [0, 0.05) is 25.4 Å². The highest BCUT2D eigenvalue weighted by atomic mass is 16.5. The molecular formula is C17H26N2O2. The van der Waals surface area contributed by atoms with Crippen molar-refractivity contribution in [2.24, 2.45) is 0 Å². The minimum absolute atomic E-state index is 0.154. The van der Waals surface area contributed by atoms with Gasteiger partial charge in [0.1, 0.15) is 0 Å². The summed E-state index contributed by atoms with van der Waals surface area (Å²) in [5.74, 6) is 0.0174. The van der Waals surface area contributed by atoms with Crippen LogP contribution in [-0.4, -0.2) is 36.6 Å². The fraction of sp³-hybridized carbons (Fsp3) is 0.588. The zero-order chi connectivity index (χ0) is 15.2. The average Bonchev–Trinajstić information content (AvgIpc) is 2.51. The lowest BCUT2D eigenvalue weighted by molar-refractivity contribution is -0.136. The van der Waals surface area contributed by atoms with E-state index in [1.54, 1.807) is 0 Å². The molecule has 116 valence electrons. The summed E-state index contributed by atoms with van der Waals surface area (Å²) in [7, 11) is 0. The van der Waals surface area contributed by atoms with Gasteiger partial charge in [-0.25, -0.2) is 0 Å². The third kappa shape index (κ3) is 4.21. The monoisotopic (exact) mass is 290 g/mol. The fourth-order valence-electron chi connectivity index (χ4n) is 2.80. The Labute approximate surface area is 127 Å². The lowest BCUT2D eigenvalue weighted by atomic mass is 9.97. The van der Waals surface area contributed by atoms with Crippen molar-refractivity contribution in [2.75, 3.05) is 25.4 Å². The highest BCUT2D eigenvalue weighted by Crippen LogP contribution is 2.23. The van der Waals surface area contributed by atoms with E-state index < -0.39 is 0 Å². The van der Waals surface area contributed by atoms with Crippen molar-refractivity contribution in [1.82, 2.24) is 4.90 Å². The Bertz CT molecular complexity index is 476. The van der Waals surface area contributed by atoms with Gasteiger partial charge in [0.05, 0.1) is 12.0 Å². The molecule has 0 radical (unpaired) electrons. The van der Waals surface area contributed by atoms with E-state index in [0.717, 1.165) is 38.0 Å². The van der Waals surface area contributed by atoms with Crippen LogP contribution in [0.4, 0.5) is 5.69 Å². The summed E-state index contributed by atoms with van der Waals surface area (Å²) in [5.41, 5.74) is 7.49. The molecule has 2 N–H and O–H groups in total. The van der Waals surface area contributed by atoms with Gasteiger partial charge >= 0.3 is 0 Å². The zero-order valence-corrected chi connectivity index (χ0v) is 13.0. The van der Waals surface area contributed by atoms with E-state index in [1.165, 1.54) is 0 Å². The van der Waals surface area contributed by atoms with Crippen LogP contribution < -0.4 is 5.73 Å². The van der Waals surface area contributed by atoms with Crippen LogP contribution in [0.1, 0.15) is 44.6 Å². The van der Waals surface area contributed by atoms with E-state index in [-0.39, 0.29) is 17.9 Å². The molecule has 1 aromatic rings. The van der Waals surface area contributed by atoms with E-state index in [2.05, 4.69) is 6.92 Å². The molecule has 2 rings (SSSR count). The minimum atomic E-state index is -0.154. The molecule has 0 aliphatic carbocycles. The fourth-order valence-corrected chi connectivity index (χ4v) is 2.80. The molecule has 1 fully saturated rings. The number of hydrogen-bond acceptors (Lipinski definition) is 3. The molecule has 0 saturated carbocycles. The lowest BCUT2D eigenvalue weighted by Gasteiger charge is -2.34. The standard InChI is InChI=1S/C17H26N2O2/c1-3-10-21-16-8-5-9-19(12-16)17(20)13(2)14-6-4-7-15(18)11-14/h4,6-7,11,13,16H,3,5,8-10,12,18H2,1-2H3. The van der Waals surface area contributed by atoms with Crippen LogP contribution in [0.3, 0.4) is 0 Å². The first kappa shape index (κ1) is 15.8. The summed E-state index contributed by atoms with van der Waals surface area (Å²) in [6, 6.07) is 7.60. The van der Waals surface area contributed by atoms with Gasteiger partial charge in [0.25, 0.3) is 0 Å². The molecule has 2 atom stereocenters. The zero-order valence-electron chi connectivity index (χ0n) is 13.0. The topological polar surface area (TPSA) is 55.6 Å². The number of anilines is 1. The Kier molecular flexibility index (Phi) is 5.62. The maximum Gasteiger partial charge on any atom is 0.229 e. The summed E-state index contributed by atoms with van der Waals surface area (Å²) in [4.78, 5) is 14.6. The Hall–Kier alpha value is -1.55. The first-order chi connectivity index (χ1) is 10.1. The number of piperidine rings is 1. The molecule has 4 heteroatoms. The SMILES string of the molecule is CCCOC1CCCN(C(=O)C(C)c2cccc(N)c2)C1. The average molecular weight is 290 g/mol. The van der Waals surface area contributed by atoms with Gasteiger partial charge in [-0.3, -0.25) is 4.79 Å². The lowest BCUT2D eigenvalue weighted by Crippen LogP contribution is -2.44. The van der Waals surface area contributed by atoms with Crippen LogP contribution >= 0.6 is 0 Å². The second-order valence-electron chi connectivity index (χ2n) is 5.81. The number of likely N-dealkylation sites (tertiary alicyclic amines) is 1. The maximum absolute atomic E-state index is 12.7. The normalized spacial score (nSPS) is 20.3. The van der Waals surface area contributed by atoms with Crippen LogP contribution in [0.15, 0.2) is 24.3 Å². The predicted molar refractivity (Wildman–Crippen MR) is 85.1 cm³/mol. The van der Waals surface area contributed by atoms with Gasteiger partial charge in [-0.15, -0.1) is 0 Å². The Morgan fingerprint density at radius 3 is 3.05 bits per heavy atom. The smallest absolute Gasteiger partial charge is 0.229 e. The molecule has 1 aromatic carbocycles. The van der Waals surface area contributed by atoms with Crippen LogP contribution in [0.5, 0.6) is 0 Å². The number of benzene rings is 1. The Morgan fingerprint density at radius 1 is 1.52 bits per heavy atom. The highest BCUT2D eigenvalue weighted by Gasteiger charge is 2.27. The summed E-state index contributed by atoms with van der Waals surface area (Å²) < 4.78 is 5.80. The van der Waals surface area contributed by atoms with Crippen molar-refractivity contribution in [3.8, 4) is 0 Å². The van der Waals surface area contributed by atoms with E-state index in [9.17, 15) is 4.79 Å². The van der Waals surface area contributed by atoms with Gasteiger partial charge in [-0.2, -0.15) is 0 Å². The minimum Gasteiger partial charge on any atom is -0.399 e. The van der Waals surface area contributed by atoms with E-state index in [4.69, 9.17) is 10.5 Å². The molecule has 1 aliphatic heterocycles. The molecule has 0 spiro atoms. The molecule has 1 saturated heterocycles. The first-order valence-corrected chi connectivity index (χ1v) is 7.87. The molecule has 4 nitrogen and oxygen atoms in total. The molecule has 0 bridgehead atoms. The number of ether oxygens (including phenoxy) is 1. The van der Waals surface area contributed by atoms with Gasteiger partial charge in [0.2, 0.25) is 5.91 Å². The largest absolute Gasteiger partial charge is 0.399 e. The molecule has 1 aliphatic rings. The van der Waals surface area contributed by atoms with Gasteiger partial charge in [-0.05, 0) is 43.9 Å². The van der Waals surface area contributed by atoms with Crippen molar-refractivity contribution in [3.63, 3.8) is 0 Å². The quantitative estimate of drug-likeness (QED) is 0.848.